The molecule has 0 atom stereocenters. The van der Waals surface area contributed by atoms with Crippen LogP contribution >= 0.6 is 0 Å². The van der Waals surface area contributed by atoms with Gasteiger partial charge in [0.05, 0.1) is 12.6 Å². The first-order valence-electron chi connectivity index (χ1n) is 4.48. The van der Waals surface area contributed by atoms with Gasteiger partial charge in [-0.15, -0.1) is 0 Å². The lowest BCUT2D eigenvalue weighted by molar-refractivity contribution is 0.0596. The van der Waals surface area contributed by atoms with Crippen LogP contribution in [0.5, 0.6) is 0 Å². The van der Waals surface area contributed by atoms with Crippen molar-refractivity contribution in [1.82, 2.24) is 10.2 Å². The molecule has 0 unspecified atom stereocenters. The van der Waals surface area contributed by atoms with Gasteiger partial charge < -0.3 is 4.74 Å². The zero-order valence-electron chi connectivity index (χ0n) is 8.33. The number of halogens is 2. The number of benzene rings is 1. The molecule has 2 aromatic rings. The van der Waals surface area contributed by atoms with Crippen LogP contribution < -0.4 is 0 Å². The minimum atomic E-state index is -2.55. The first-order valence-corrected chi connectivity index (χ1v) is 4.48. The number of hydrogen-bond acceptors (Lipinski definition) is 3. The van der Waals surface area contributed by atoms with Gasteiger partial charge in [0.1, 0.15) is 0 Å². The second-order valence-corrected chi connectivity index (χ2v) is 3.17. The average molecular weight is 226 g/mol. The van der Waals surface area contributed by atoms with Gasteiger partial charge in [-0.3, -0.25) is 5.10 Å². The smallest absolute Gasteiger partial charge is 0.359 e. The Labute approximate surface area is 89.2 Å². The number of alkyl halides is 2. The highest BCUT2D eigenvalue weighted by molar-refractivity contribution is 6.01. The maximum Gasteiger partial charge on any atom is 0.359 e. The number of methoxy groups -OCH3 is 1. The summed E-state index contributed by atoms with van der Waals surface area (Å²) < 4.78 is 29.3. The van der Waals surface area contributed by atoms with Crippen LogP contribution in [0.3, 0.4) is 0 Å². The number of rotatable bonds is 2. The summed E-state index contributed by atoms with van der Waals surface area (Å²) in [7, 11) is 1.23. The van der Waals surface area contributed by atoms with Gasteiger partial charge in [-0.25, -0.2) is 13.6 Å². The van der Waals surface area contributed by atoms with Crippen molar-refractivity contribution in [2.75, 3.05) is 7.11 Å². The Morgan fingerprint density at radius 1 is 1.50 bits per heavy atom. The van der Waals surface area contributed by atoms with Crippen molar-refractivity contribution in [2.24, 2.45) is 0 Å². The van der Waals surface area contributed by atoms with Gasteiger partial charge >= 0.3 is 5.97 Å². The van der Waals surface area contributed by atoms with E-state index in [4.69, 9.17) is 0 Å². The van der Waals surface area contributed by atoms with Crippen molar-refractivity contribution in [1.29, 1.82) is 0 Å². The highest BCUT2D eigenvalue weighted by Gasteiger charge is 2.16. The van der Waals surface area contributed by atoms with Crippen LogP contribution in [0.4, 0.5) is 8.78 Å². The molecule has 0 aliphatic rings. The van der Waals surface area contributed by atoms with Crippen LogP contribution in [0.15, 0.2) is 18.2 Å². The number of aromatic nitrogens is 2. The Morgan fingerprint density at radius 2 is 2.25 bits per heavy atom. The molecule has 6 heteroatoms. The number of aromatic amines is 1. The SMILES string of the molecule is COC(=O)c1n[nH]c2cc(C(F)F)ccc12. The van der Waals surface area contributed by atoms with Crippen molar-refractivity contribution in [2.45, 2.75) is 6.43 Å². The first kappa shape index (κ1) is 10.5. The highest BCUT2D eigenvalue weighted by atomic mass is 19.3. The Balaban J connectivity index is 2.54. The Bertz CT molecular complexity index is 537. The van der Waals surface area contributed by atoms with Gasteiger partial charge in [0, 0.05) is 10.9 Å². The van der Waals surface area contributed by atoms with E-state index in [2.05, 4.69) is 14.9 Å². The standard InChI is InChI=1S/C10H8F2N2O2/c1-16-10(15)8-6-3-2-5(9(11)12)4-7(6)13-14-8/h2-4,9H,1H3,(H,13,14). The molecule has 0 aliphatic heterocycles. The maximum absolute atomic E-state index is 12.4. The molecular formula is C10H8F2N2O2. The third-order valence-corrected chi connectivity index (χ3v) is 2.22. The predicted molar refractivity (Wildman–Crippen MR) is 52.4 cm³/mol. The number of nitrogens with zero attached hydrogens (tertiary/aromatic N) is 1. The summed E-state index contributed by atoms with van der Waals surface area (Å²) in [4.78, 5) is 11.3. The molecule has 0 saturated carbocycles. The van der Waals surface area contributed by atoms with Crippen molar-refractivity contribution < 1.29 is 18.3 Å². The van der Waals surface area contributed by atoms with Crippen molar-refractivity contribution in [3.63, 3.8) is 0 Å². The number of H-pyrrole nitrogens is 1. The van der Waals surface area contributed by atoms with E-state index in [1.807, 2.05) is 0 Å². The minimum absolute atomic E-state index is 0.0957. The van der Waals surface area contributed by atoms with E-state index < -0.39 is 12.4 Å². The quantitative estimate of drug-likeness (QED) is 0.799. The van der Waals surface area contributed by atoms with E-state index in [-0.39, 0.29) is 11.3 Å². The fraction of sp³-hybridized carbons (Fsp3) is 0.200. The number of hydrogen-bond donors (Lipinski definition) is 1. The molecule has 0 saturated heterocycles. The molecule has 2 rings (SSSR count). The molecule has 1 aromatic carbocycles. The summed E-state index contributed by atoms with van der Waals surface area (Å²) in [6, 6.07) is 3.95. The molecule has 16 heavy (non-hydrogen) atoms. The summed E-state index contributed by atoms with van der Waals surface area (Å²) in [5.41, 5.74) is 0.365. The van der Waals surface area contributed by atoms with Crippen molar-refractivity contribution in [3.8, 4) is 0 Å². The lowest BCUT2D eigenvalue weighted by Gasteiger charge is -1.99. The fourth-order valence-electron chi connectivity index (χ4n) is 1.43. The van der Waals surface area contributed by atoms with Gasteiger partial charge in [0.2, 0.25) is 0 Å². The van der Waals surface area contributed by atoms with Crippen LogP contribution in [0, 0.1) is 0 Å². The van der Waals surface area contributed by atoms with Crippen LogP contribution in [0.2, 0.25) is 0 Å². The number of carbonyl (C=O) groups is 1. The summed E-state index contributed by atoms with van der Waals surface area (Å²) in [6.07, 6.45) is -2.55. The van der Waals surface area contributed by atoms with Crippen LogP contribution in [-0.2, 0) is 4.74 Å². The summed E-state index contributed by atoms with van der Waals surface area (Å²) in [5, 5.41) is 6.71. The Morgan fingerprint density at radius 3 is 2.88 bits per heavy atom. The summed E-state index contributed by atoms with van der Waals surface area (Å²) >= 11 is 0. The van der Waals surface area contributed by atoms with E-state index in [0.717, 1.165) is 0 Å². The molecule has 0 aliphatic carbocycles. The second-order valence-electron chi connectivity index (χ2n) is 3.17. The van der Waals surface area contributed by atoms with Gasteiger partial charge in [-0.2, -0.15) is 5.10 Å². The molecule has 0 bridgehead atoms. The Hall–Kier alpha value is -1.98. The fourth-order valence-corrected chi connectivity index (χ4v) is 1.43. The van der Waals surface area contributed by atoms with Crippen LogP contribution in [-0.4, -0.2) is 23.3 Å². The van der Waals surface area contributed by atoms with Crippen LogP contribution in [0.25, 0.3) is 10.9 Å². The van der Waals surface area contributed by atoms with E-state index in [0.29, 0.717) is 10.9 Å². The summed E-state index contributed by atoms with van der Waals surface area (Å²) in [5.74, 6) is -0.601. The molecule has 1 aromatic heterocycles. The molecule has 0 fully saturated rings. The van der Waals surface area contributed by atoms with Crippen LogP contribution in [0.1, 0.15) is 22.5 Å². The number of fused-ring (bicyclic) bond motifs is 1. The average Bonchev–Trinajstić information content (AvgIpc) is 2.70. The molecule has 1 heterocycles. The Kier molecular flexibility index (Phi) is 2.55. The number of esters is 1. The molecule has 0 radical (unpaired) electrons. The van der Waals surface area contributed by atoms with Crippen molar-refractivity contribution >= 4 is 16.9 Å². The minimum Gasteiger partial charge on any atom is -0.464 e. The van der Waals surface area contributed by atoms with E-state index in [1.165, 1.54) is 25.3 Å². The third kappa shape index (κ3) is 1.62. The maximum atomic E-state index is 12.4. The zero-order valence-corrected chi connectivity index (χ0v) is 8.33. The molecular weight excluding hydrogens is 218 g/mol. The number of ether oxygens (including phenoxy) is 1. The molecule has 0 amide bonds. The number of nitrogens with one attached hydrogen (secondary N) is 1. The number of carbonyl (C=O) groups excluding carboxylic acids is 1. The second kappa shape index (κ2) is 3.88. The molecule has 1 N–H and O–H groups in total. The molecule has 0 spiro atoms. The topological polar surface area (TPSA) is 55.0 Å². The predicted octanol–water partition coefficient (Wildman–Crippen LogP) is 2.29. The van der Waals surface area contributed by atoms with E-state index in [9.17, 15) is 13.6 Å². The molecule has 84 valence electrons. The third-order valence-electron chi connectivity index (χ3n) is 2.22. The first-order chi connectivity index (χ1) is 7.63. The van der Waals surface area contributed by atoms with Gasteiger partial charge in [0.25, 0.3) is 6.43 Å². The summed E-state index contributed by atoms with van der Waals surface area (Å²) in [6.45, 7) is 0. The van der Waals surface area contributed by atoms with E-state index in [1.54, 1.807) is 0 Å². The normalized spacial score (nSPS) is 11.0. The highest BCUT2D eigenvalue weighted by Crippen LogP contribution is 2.24. The lowest BCUT2D eigenvalue weighted by Crippen LogP contribution is -2.01. The van der Waals surface area contributed by atoms with Crippen molar-refractivity contribution in [3.05, 3.63) is 29.5 Å². The van der Waals surface area contributed by atoms with E-state index >= 15 is 0 Å². The van der Waals surface area contributed by atoms with Gasteiger partial charge in [-0.1, -0.05) is 6.07 Å². The zero-order chi connectivity index (χ0) is 11.7. The largest absolute Gasteiger partial charge is 0.464 e. The van der Waals surface area contributed by atoms with Gasteiger partial charge in [0.15, 0.2) is 5.69 Å². The lowest BCUT2D eigenvalue weighted by atomic mass is 10.1. The van der Waals surface area contributed by atoms with Gasteiger partial charge in [-0.05, 0) is 12.1 Å². The molecule has 4 nitrogen and oxygen atoms in total. The monoisotopic (exact) mass is 226 g/mol.